The summed E-state index contributed by atoms with van der Waals surface area (Å²) in [4.78, 5) is 23.2. The fourth-order valence-corrected chi connectivity index (χ4v) is 1.91. The summed E-state index contributed by atoms with van der Waals surface area (Å²) in [7, 11) is 0. The van der Waals surface area contributed by atoms with Gasteiger partial charge in [0.2, 0.25) is 5.91 Å². The number of carbonyl (C=O) groups is 2. The molecule has 2 aromatic carbocycles. The van der Waals surface area contributed by atoms with E-state index in [1.165, 1.54) is 13.0 Å². The second-order valence-corrected chi connectivity index (χ2v) is 5.09. The SMILES string of the molecule is CC(=O)Nc1ccc(Cl)cc1OC(=O)c1ccc(Cl)cc1. The molecule has 108 valence electrons. The number of hydrogen-bond donors (Lipinski definition) is 1. The highest BCUT2D eigenvalue weighted by Gasteiger charge is 2.13. The van der Waals surface area contributed by atoms with Gasteiger partial charge in [-0.05, 0) is 36.4 Å². The van der Waals surface area contributed by atoms with Gasteiger partial charge in [0, 0.05) is 23.0 Å². The van der Waals surface area contributed by atoms with Crippen LogP contribution in [0.4, 0.5) is 5.69 Å². The Bertz CT molecular complexity index is 684. The van der Waals surface area contributed by atoms with Gasteiger partial charge in [-0.3, -0.25) is 4.79 Å². The Hall–Kier alpha value is -2.04. The van der Waals surface area contributed by atoms with Crippen molar-refractivity contribution < 1.29 is 14.3 Å². The van der Waals surface area contributed by atoms with Gasteiger partial charge in [0.15, 0.2) is 5.75 Å². The monoisotopic (exact) mass is 323 g/mol. The van der Waals surface area contributed by atoms with Crippen LogP contribution >= 0.6 is 23.2 Å². The van der Waals surface area contributed by atoms with E-state index < -0.39 is 5.97 Å². The Balaban J connectivity index is 2.25. The Morgan fingerprint density at radius 2 is 1.62 bits per heavy atom. The van der Waals surface area contributed by atoms with Crippen molar-refractivity contribution in [2.24, 2.45) is 0 Å². The number of benzene rings is 2. The zero-order valence-corrected chi connectivity index (χ0v) is 12.5. The van der Waals surface area contributed by atoms with Crippen LogP contribution in [-0.2, 0) is 4.79 Å². The molecule has 0 aromatic heterocycles. The molecule has 0 atom stereocenters. The van der Waals surface area contributed by atoms with E-state index in [9.17, 15) is 9.59 Å². The highest BCUT2D eigenvalue weighted by molar-refractivity contribution is 6.31. The van der Waals surface area contributed by atoms with Gasteiger partial charge in [-0.1, -0.05) is 23.2 Å². The van der Waals surface area contributed by atoms with Crippen molar-refractivity contribution in [1.29, 1.82) is 0 Å². The highest BCUT2D eigenvalue weighted by atomic mass is 35.5. The summed E-state index contributed by atoms with van der Waals surface area (Å²) >= 11 is 11.6. The van der Waals surface area contributed by atoms with Crippen molar-refractivity contribution in [2.45, 2.75) is 6.92 Å². The standard InChI is InChI=1S/C15H11Cl2NO3/c1-9(19)18-13-7-6-12(17)8-14(13)21-15(20)10-2-4-11(16)5-3-10/h2-8H,1H3,(H,18,19). The average Bonchev–Trinajstić information content (AvgIpc) is 2.42. The molecule has 0 aliphatic carbocycles. The van der Waals surface area contributed by atoms with E-state index in [0.717, 1.165) is 0 Å². The predicted molar refractivity (Wildman–Crippen MR) is 82.2 cm³/mol. The maximum atomic E-state index is 12.1. The Kier molecular flexibility index (Phi) is 4.83. The molecule has 0 heterocycles. The number of nitrogens with one attached hydrogen (secondary N) is 1. The van der Waals surface area contributed by atoms with Crippen molar-refractivity contribution >= 4 is 40.8 Å². The number of hydrogen-bond acceptors (Lipinski definition) is 3. The molecule has 0 spiro atoms. The summed E-state index contributed by atoms with van der Waals surface area (Å²) in [6, 6.07) is 10.9. The van der Waals surface area contributed by atoms with Crippen LogP contribution in [0.2, 0.25) is 10.0 Å². The molecule has 0 bridgehead atoms. The molecule has 0 saturated carbocycles. The van der Waals surface area contributed by atoms with Crippen LogP contribution in [0.1, 0.15) is 17.3 Å². The first-order chi connectivity index (χ1) is 9.95. The highest BCUT2D eigenvalue weighted by Crippen LogP contribution is 2.29. The lowest BCUT2D eigenvalue weighted by atomic mass is 10.2. The first kappa shape index (κ1) is 15.4. The molecule has 4 nitrogen and oxygen atoms in total. The van der Waals surface area contributed by atoms with Gasteiger partial charge >= 0.3 is 5.97 Å². The summed E-state index contributed by atoms with van der Waals surface area (Å²) < 4.78 is 5.27. The molecule has 0 unspecified atom stereocenters. The smallest absolute Gasteiger partial charge is 0.343 e. The van der Waals surface area contributed by atoms with Gasteiger partial charge in [0.05, 0.1) is 11.3 Å². The molecule has 21 heavy (non-hydrogen) atoms. The molecule has 0 aliphatic heterocycles. The minimum absolute atomic E-state index is 0.178. The molecule has 2 aromatic rings. The number of halogens is 2. The zero-order valence-electron chi connectivity index (χ0n) is 11.0. The largest absolute Gasteiger partial charge is 0.421 e. The molecule has 0 radical (unpaired) electrons. The van der Waals surface area contributed by atoms with Gasteiger partial charge in [0.25, 0.3) is 0 Å². The van der Waals surface area contributed by atoms with Crippen LogP contribution in [-0.4, -0.2) is 11.9 Å². The summed E-state index contributed by atoms with van der Waals surface area (Å²) in [6.45, 7) is 1.36. The van der Waals surface area contributed by atoms with Crippen LogP contribution in [0.5, 0.6) is 5.75 Å². The molecular weight excluding hydrogens is 313 g/mol. The number of amides is 1. The summed E-state index contributed by atoms with van der Waals surface area (Å²) in [5.41, 5.74) is 0.711. The Morgan fingerprint density at radius 1 is 1.00 bits per heavy atom. The minimum Gasteiger partial charge on any atom is -0.421 e. The molecule has 0 saturated heterocycles. The molecule has 2 rings (SSSR count). The third kappa shape index (κ3) is 4.21. The summed E-state index contributed by atoms with van der Waals surface area (Å²) in [5, 5.41) is 3.48. The van der Waals surface area contributed by atoms with E-state index in [-0.39, 0.29) is 11.7 Å². The van der Waals surface area contributed by atoms with Crippen molar-refractivity contribution in [3.63, 3.8) is 0 Å². The van der Waals surface area contributed by atoms with Crippen LogP contribution in [0.3, 0.4) is 0 Å². The van der Waals surface area contributed by atoms with E-state index in [0.29, 0.717) is 21.3 Å². The molecule has 1 N–H and O–H groups in total. The molecule has 0 fully saturated rings. The van der Waals surface area contributed by atoms with Gasteiger partial charge < -0.3 is 10.1 Å². The lowest BCUT2D eigenvalue weighted by Crippen LogP contribution is -2.12. The maximum Gasteiger partial charge on any atom is 0.343 e. The number of esters is 1. The van der Waals surface area contributed by atoms with Crippen LogP contribution < -0.4 is 10.1 Å². The lowest BCUT2D eigenvalue weighted by molar-refractivity contribution is -0.114. The minimum atomic E-state index is -0.569. The quantitative estimate of drug-likeness (QED) is 0.681. The van der Waals surface area contributed by atoms with Crippen molar-refractivity contribution in [1.82, 2.24) is 0 Å². The maximum absolute atomic E-state index is 12.1. The van der Waals surface area contributed by atoms with E-state index in [2.05, 4.69) is 5.32 Å². The van der Waals surface area contributed by atoms with E-state index in [4.69, 9.17) is 27.9 Å². The second-order valence-electron chi connectivity index (χ2n) is 4.22. The molecule has 0 aliphatic rings. The predicted octanol–water partition coefficient (Wildman–Crippen LogP) is 4.17. The van der Waals surface area contributed by atoms with E-state index in [1.54, 1.807) is 36.4 Å². The molecule has 1 amide bonds. The van der Waals surface area contributed by atoms with Gasteiger partial charge in [-0.15, -0.1) is 0 Å². The molecule has 6 heteroatoms. The number of rotatable bonds is 3. The lowest BCUT2D eigenvalue weighted by Gasteiger charge is -2.11. The Labute approximate surface area is 131 Å². The topological polar surface area (TPSA) is 55.4 Å². The van der Waals surface area contributed by atoms with Gasteiger partial charge in [-0.25, -0.2) is 4.79 Å². The van der Waals surface area contributed by atoms with Crippen LogP contribution in [0.15, 0.2) is 42.5 Å². The first-order valence-corrected chi connectivity index (χ1v) is 6.76. The first-order valence-electron chi connectivity index (χ1n) is 6.00. The zero-order chi connectivity index (χ0) is 15.4. The van der Waals surface area contributed by atoms with Crippen LogP contribution in [0, 0.1) is 0 Å². The van der Waals surface area contributed by atoms with Crippen molar-refractivity contribution in [3.05, 3.63) is 58.1 Å². The number of ether oxygens (including phenoxy) is 1. The number of anilines is 1. The fraction of sp³-hybridized carbons (Fsp3) is 0.0667. The van der Waals surface area contributed by atoms with Gasteiger partial charge in [-0.2, -0.15) is 0 Å². The second kappa shape index (κ2) is 6.61. The third-order valence-corrected chi connectivity index (χ3v) is 3.02. The van der Waals surface area contributed by atoms with Gasteiger partial charge in [0.1, 0.15) is 0 Å². The summed E-state index contributed by atoms with van der Waals surface area (Å²) in [5.74, 6) is -0.667. The van der Waals surface area contributed by atoms with Crippen molar-refractivity contribution in [3.8, 4) is 5.75 Å². The average molecular weight is 324 g/mol. The van der Waals surface area contributed by atoms with Crippen LogP contribution in [0.25, 0.3) is 0 Å². The Morgan fingerprint density at radius 3 is 2.24 bits per heavy atom. The van der Waals surface area contributed by atoms with E-state index in [1.807, 2.05) is 0 Å². The number of carbonyl (C=O) groups excluding carboxylic acids is 2. The summed E-state index contributed by atoms with van der Waals surface area (Å²) in [6.07, 6.45) is 0. The molecular formula is C15H11Cl2NO3. The fourth-order valence-electron chi connectivity index (χ4n) is 1.62. The third-order valence-electron chi connectivity index (χ3n) is 2.54. The normalized spacial score (nSPS) is 10.0. The van der Waals surface area contributed by atoms with Crippen molar-refractivity contribution in [2.75, 3.05) is 5.32 Å². The van der Waals surface area contributed by atoms with E-state index >= 15 is 0 Å².